The van der Waals surface area contributed by atoms with Gasteiger partial charge in [-0.1, -0.05) is 58.8 Å². The molecule has 0 fully saturated rings. The average molecular weight is 640 g/mol. The minimum Gasteiger partial charge on any atom is -0.490 e. The number of thiazole rings is 1. The smallest absolute Gasteiger partial charge is 0.337 e. The van der Waals surface area contributed by atoms with E-state index in [4.69, 9.17) is 42.1 Å². The van der Waals surface area contributed by atoms with E-state index in [1.54, 1.807) is 48.5 Å². The fourth-order valence-electron chi connectivity index (χ4n) is 4.66. The molecule has 0 N–H and O–H groups in total. The molecule has 0 bridgehead atoms. The largest absolute Gasteiger partial charge is 0.490 e. The second kappa shape index (κ2) is 13.5. The Morgan fingerprint density at radius 3 is 2.47 bits per heavy atom. The number of halogens is 2. The SMILES string of the molecule is CCOc1ccc([C@@H]2C(C(=O)OC)=CN=c3s/c(=C/c4cc(Cl)ccc4OCc4ccccc4Cl)c(=O)n32)cc1OCC. The standard InChI is InChI=1S/C32H28Cl2N2O6S/c1-4-40-26-12-10-19(15-27(26)41-5-2)29-23(31(38)39-3)17-35-32-36(29)30(37)28(43-32)16-21-14-22(33)11-13-25(21)42-18-20-8-6-7-9-24(20)34/h6-17,29H,4-5,18H2,1-3H3/b28-16+/t29-/m1/s1. The van der Waals surface area contributed by atoms with Gasteiger partial charge in [0.05, 0.1) is 36.5 Å². The molecule has 0 radical (unpaired) electrons. The first-order valence-electron chi connectivity index (χ1n) is 13.5. The maximum Gasteiger partial charge on any atom is 0.337 e. The van der Waals surface area contributed by atoms with Gasteiger partial charge in [0.2, 0.25) is 0 Å². The Hall–Kier alpha value is -4.05. The monoisotopic (exact) mass is 638 g/mol. The average Bonchev–Trinajstić information content (AvgIpc) is 3.32. The molecule has 43 heavy (non-hydrogen) atoms. The molecule has 222 valence electrons. The van der Waals surface area contributed by atoms with Crippen molar-refractivity contribution in [2.45, 2.75) is 26.5 Å². The lowest BCUT2D eigenvalue weighted by molar-refractivity contribution is -0.136. The Labute approximate surface area is 262 Å². The maximum absolute atomic E-state index is 14.0. The molecular weight excluding hydrogens is 611 g/mol. The highest BCUT2D eigenvalue weighted by Crippen LogP contribution is 2.35. The summed E-state index contributed by atoms with van der Waals surface area (Å²) in [7, 11) is 1.29. The molecule has 0 spiro atoms. The summed E-state index contributed by atoms with van der Waals surface area (Å²) in [5.74, 6) is 0.994. The fraction of sp³-hybridized carbons (Fsp3) is 0.219. The summed E-state index contributed by atoms with van der Waals surface area (Å²) in [6.45, 7) is 4.84. The van der Waals surface area contributed by atoms with Crippen molar-refractivity contribution in [2.75, 3.05) is 20.3 Å². The van der Waals surface area contributed by atoms with E-state index < -0.39 is 12.0 Å². The number of aromatic nitrogens is 1. The topological polar surface area (TPSA) is 88.4 Å². The third-order valence-electron chi connectivity index (χ3n) is 6.61. The van der Waals surface area contributed by atoms with Crippen molar-refractivity contribution in [1.82, 2.24) is 4.57 Å². The van der Waals surface area contributed by atoms with Gasteiger partial charge in [0, 0.05) is 27.4 Å². The van der Waals surface area contributed by atoms with Crippen LogP contribution >= 0.6 is 34.5 Å². The minimum atomic E-state index is -0.809. The van der Waals surface area contributed by atoms with Crippen molar-refractivity contribution < 1.29 is 23.7 Å². The molecule has 8 nitrogen and oxygen atoms in total. The highest BCUT2D eigenvalue weighted by molar-refractivity contribution is 7.07. The van der Waals surface area contributed by atoms with Gasteiger partial charge in [-0.25, -0.2) is 9.79 Å². The van der Waals surface area contributed by atoms with Crippen molar-refractivity contribution >= 4 is 46.6 Å². The van der Waals surface area contributed by atoms with Gasteiger partial charge in [0.15, 0.2) is 16.3 Å². The van der Waals surface area contributed by atoms with Gasteiger partial charge in [-0.2, -0.15) is 0 Å². The Balaban J connectivity index is 1.61. The highest BCUT2D eigenvalue weighted by Gasteiger charge is 2.31. The fourth-order valence-corrected chi connectivity index (χ4v) is 5.99. The molecule has 0 unspecified atom stereocenters. The number of nitrogens with zero attached hydrogens (tertiary/aromatic N) is 2. The van der Waals surface area contributed by atoms with E-state index >= 15 is 0 Å². The first-order valence-corrected chi connectivity index (χ1v) is 15.1. The van der Waals surface area contributed by atoms with Gasteiger partial charge >= 0.3 is 5.97 Å². The van der Waals surface area contributed by atoms with Crippen molar-refractivity contribution in [3.8, 4) is 17.2 Å². The van der Waals surface area contributed by atoms with Crippen LogP contribution in [0.3, 0.4) is 0 Å². The van der Waals surface area contributed by atoms with E-state index in [-0.39, 0.29) is 17.7 Å². The van der Waals surface area contributed by atoms with E-state index in [0.717, 1.165) is 5.56 Å². The third kappa shape index (κ3) is 6.49. The van der Waals surface area contributed by atoms with Crippen LogP contribution in [0.5, 0.6) is 17.2 Å². The minimum absolute atomic E-state index is 0.208. The van der Waals surface area contributed by atoms with Crippen molar-refractivity contribution in [3.63, 3.8) is 0 Å². The second-order valence-electron chi connectivity index (χ2n) is 9.31. The molecule has 5 rings (SSSR count). The van der Waals surface area contributed by atoms with Crippen LogP contribution in [0.25, 0.3) is 6.08 Å². The predicted molar refractivity (Wildman–Crippen MR) is 167 cm³/mol. The lowest BCUT2D eigenvalue weighted by Crippen LogP contribution is -2.39. The molecule has 11 heteroatoms. The molecule has 4 aromatic rings. The van der Waals surface area contributed by atoms with E-state index in [9.17, 15) is 9.59 Å². The summed E-state index contributed by atoms with van der Waals surface area (Å²) in [6.07, 6.45) is 3.15. The lowest BCUT2D eigenvalue weighted by atomic mass is 9.97. The normalized spacial score (nSPS) is 14.4. The molecule has 2 heterocycles. The molecule has 0 saturated carbocycles. The number of fused-ring (bicyclic) bond motifs is 1. The molecule has 0 amide bonds. The summed E-state index contributed by atoms with van der Waals surface area (Å²) < 4.78 is 24.6. The first kappa shape index (κ1) is 30.4. The molecule has 1 atom stereocenters. The summed E-state index contributed by atoms with van der Waals surface area (Å²) in [5.41, 5.74) is 1.93. The van der Waals surface area contributed by atoms with E-state index in [1.165, 1.54) is 29.2 Å². The van der Waals surface area contributed by atoms with E-state index in [2.05, 4.69) is 4.99 Å². The number of ether oxygens (including phenoxy) is 4. The zero-order valence-electron chi connectivity index (χ0n) is 23.6. The summed E-state index contributed by atoms with van der Waals surface area (Å²) in [4.78, 5) is 31.8. The first-order chi connectivity index (χ1) is 20.8. The number of carbonyl (C=O) groups is 1. The van der Waals surface area contributed by atoms with Crippen molar-refractivity contribution in [1.29, 1.82) is 0 Å². The second-order valence-corrected chi connectivity index (χ2v) is 11.2. The number of hydrogen-bond donors (Lipinski definition) is 0. The van der Waals surface area contributed by atoms with Gasteiger partial charge in [0.25, 0.3) is 5.56 Å². The van der Waals surface area contributed by atoms with Crippen LogP contribution in [0, 0.1) is 0 Å². The van der Waals surface area contributed by atoms with Crippen LogP contribution in [-0.2, 0) is 16.1 Å². The van der Waals surface area contributed by atoms with E-state index in [1.807, 2.05) is 32.0 Å². The maximum atomic E-state index is 14.0. The number of rotatable bonds is 10. The van der Waals surface area contributed by atoms with E-state index in [0.29, 0.717) is 61.0 Å². The summed E-state index contributed by atoms with van der Waals surface area (Å²) >= 11 is 13.8. The predicted octanol–water partition coefficient (Wildman–Crippen LogP) is 5.70. The van der Waals surface area contributed by atoms with Gasteiger partial charge in [-0.15, -0.1) is 0 Å². The Bertz CT molecular complexity index is 1880. The van der Waals surface area contributed by atoms with Crippen LogP contribution in [0.15, 0.2) is 82.2 Å². The molecule has 1 aliphatic rings. The summed E-state index contributed by atoms with van der Waals surface area (Å²) in [6, 6.07) is 17.1. The van der Waals surface area contributed by atoms with Gasteiger partial charge in [-0.3, -0.25) is 9.36 Å². The lowest BCUT2D eigenvalue weighted by Gasteiger charge is -2.23. The Kier molecular flexibility index (Phi) is 9.55. The molecule has 0 aliphatic carbocycles. The summed E-state index contributed by atoms with van der Waals surface area (Å²) in [5, 5.41) is 1.07. The molecule has 1 aliphatic heterocycles. The number of hydrogen-bond acceptors (Lipinski definition) is 8. The van der Waals surface area contributed by atoms with Gasteiger partial charge in [-0.05, 0) is 61.9 Å². The zero-order chi connectivity index (χ0) is 30.5. The van der Waals surface area contributed by atoms with Crippen LogP contribution in [-0.4, -0.2) is 30.9 Å². The van der Waals surface area contributed by atoms with Crippen LogP contribution in [0.1, 0.15) is 36.6 Å². The molecule has 3 aromatic carbocycles. The van der Waals surface area contributed by atoms with Crippen LogP contribution < -0.4 is 29.1 Å². The van der Waals surface area contributed by atoms with Crippen molar-refractivity contribution in [2.24, 2.45) is 4.99 Å². The Morgan fingerprint density at radius 2 is 1.72 bits per heavy atom. The number of methoxy groups -OCH3 is 1. The Morgan fingerprint density at radius 1 is 0.977 bits per heavy atom. The number of esters is 1. The van der Waals surface area contributed by atoms with Crippen molar-refractivity contribution in [3.05, 3.63) is 119 Å². The number of benzene rings is 3. The third-order valence-corrected chi connectivity index (χ3v) is 8.21. The highest BCUT2D eigenvalue weighted by atomic mass is 35.5. The van der Waals surface area contributed by atoms with Gasteiger partial charge in [0.1, 0.15) is 12.4 Å². The molecule has 0 saturated heterocycles. The molecule has 1 aromatic heterocycles. The van der Waals surface area contributed by atoms with Crippen LogP contribution in [0.4, 0.5) is 0 Å². The number of carbonyl (C=O) groups excluding carboxylic acids is 1. The zero-order valence-corrected chi connectivity index (χ0v) is 26.0. The van der Waals surface area contributed by atoms with Crippen LogP contribution in [0.2, 0.25) is 10.0 Å². The quantitative estimate of drug-likeness (QED) is 0.207. The molecular formula is C32H28Cl2N2O6S. The van der Waals surface area contributed by atoms with Gasteiger partial charge < -0.3 is 18.9 Å².